The number of allylic oxidation sites excluding steroid dienone is 1. The normalized spacial score (nSPS) is 17.1. The van der Waals surface area contributed by atoms with E-state index < -0.39 is 10.0 Å². The second kappa shape index (κ2) is 9.58. The van der Waals surface area contributed by atoms with Gasteiger partial charge in [-0.05, 0) is 53.6 Å². The van der Waals surface area contributed by atoms with Crippen molar-refractivity contribution in [2.24, 2.45) is 5.92 Å². The zero-order valence-electron chi connectivity index (χ0n) is 17.4. The fraction of sp³-hybridized carbons (Fsp3) is 0.409. The summed E-state index contributed by atoms with van der Waals surface area (Å²) in [6.45, 7) is 5.73. The Kier molecular flexibility index (Phi) is 7.10. The van der Waals surface area contributed by atoms with Gasteiger partial charge in [-0.3, -0.25) is 0 Å². The van der Waals surface area contributed by atoms with E-state index in [0.717, 1.165) is 37.0 Å². The smallest absolute Gasteiger partial charge is 0.250 e. The first-order chi connectivity index (χ1) is 14.3. The number of fused-ring (bicyclic) bond motifs is 1. The van der Waals surface area contributed by atoms with E-state index in [0.29, 0.717) is 5.56 Å². The molecule has 1 atom stereocenters. The van der Waals surface area contributed by atoms with Gasteiger partial charge in [-0.2, -0.15) is 5.26 Å². The summed E-state index contributed by atoms with van der Waals surface area (Å²) in [4.78, 5) is 4.34. The van der Waals surface area contributed by atoms with Gasteiger partial charge in [-0.25, -0.2) is 13.1 Å². The SMILES string of the molecule is CC(CO)CNS(=O)(=O)/C(C#N)=C/c1ccc2cc(N3CCN(C)CC3)ccc2c1. The lowest BCUT2D eigenvalue weighted by molar-refractivity contribution is 0.239. The molecule has 0 bridgehead atoms. The van der Waals surface area contributed by atoms with E-state index in [4.69, 9.17) is 5.11 Å². The molecule has 1 unspecified atom stereocenters. The van der Waals surface area contributed by atoms with Gasteiger partial charge in [-0.1, -0.05) is 25.1 Å². The lowest BCUT2D eigenvalue weighted by Gasteiger charge is -2.34. The monoisotopic (exact) mass is 428 g/mol. The number of piperazine rings is 1. The average Bonchev–Trinajstić information content (AvgIpc) is 2.75. The molecule has 2 aromatic rings. The van der Waals surface area contributed by atoms with Crippen LogP contribution in [0.1, 0.15) is 12.5 Å². The minimum absolute atomic E-state index is 0.0740. The van der Waals surface area contributed by atoms with Crippen LogP contribution in [0, 0.1) is 17.2 Å². The van der Waals surface area contributed by atoms with E-state index in [1.54, 1.807) is 13.0 Å². The topological polar surface area (TPSA) is 96.7 Å². The van der Waals surface area contributed by atoms with Gasteiger partial charge in [0.05, 0.1) is 0 Å². The molecular weight excluding hydrogens is 400 g/mol. The van der Waals surface area contributed by atoms with Crippen molar-refractivity contribution in [2.45, 2.75) is 6.92 Å². The zero-order chi connectivity index (χ0) is 21.7. The van der Waals surface area contributed by atoms with Crippen molar-refractivity contribution >= 4 is 32.6 Å². The van der Waals surface area contributed by atoms with Crippen molar-refractivity contribution in [2.75, 3.05) is 51.3 Å². The van der Waals surface area contributed by atoms with Crippen molar-refractivity contribution in [3.63, 3.8) is 0 Å². The molecule has 1 heterocycles. The maximum absolute atomic E-state index is 12.4. The summed E-state index contributed by atoms with van der Waals surface area (Å²) in [5.74, 6) is -0.227. The molecule has 2 N–H and O–H groups in total. The highest BCUT2D eigenvalue weighted by Gasteiger charge is 2.18. The Morgan fingerprint density at radius 2 is 1.87 bits per heavy atom. The lowest BCUT2D eigenvalue weighted by atomic mass is 10.1. The Morgan fingerprint density at radius 1 is 1.20 bits per heavy atom. The summed E-state index contributed by atoms with van der Waals surface area (Å²) in [5.41, 5.74) is 1.83. The van der Waals surface area contributed by atoms with Crippen LogP contribution in [-0.2, 0) is 10.0 Å². The Bertz CT molecular complexity index is 1070. The number of hydrogen-bond acceptors (Lipinski definition) is 6. The van der Waals surface area contributed by atoms with E-state index in [1.165, 1.54) is 11.8 Å². The predicted molar refractivity (Wildman–Crippen MR) is 120 cm³/mol. The summed E-state index contributed by atoms with van der Waals surface area (Å²) in [7, 11) is -1.80. The van der Waals surface area contributed by atoms with E-state index in [-0.39, 0.29) is 24.0 Å². The van der Waals surface area contributed by atoms with Gasteiger partial charge in [0.2, 0.25) is 0 Å². The molecule has 30 heavy (non-hydrogen) atoms. The highest BCUT2D eigenvalue weighted by Crippen LogP contribution is 2.25. The van der Waals surface area contributed by atoms with Gasteiger partial charge in [0.25, 0.3) is 10.0 Å². The molecule has 1 aliphatic rings. The minimum atomic E-state index is -3.93. The standard InChI is InChI=1S/C22H28N4O3S/c1-17(16-27)15-24-30(28,29)22(14-23)12-18-3-4-20-13-21(6-5-19(20)11-18)26-9-7-25(2)8-10-26/h3-6,11-13,17,24,27H,7-10,15-16H2,1-2H3/b22-12+. The Labute approximate surface area is 178 Å². The molecule has 3 rings (SSSR count). The number of sulfonamides is 1. The molecule has 160 valence electrons. The van der Waals surface area contributed by atoms with Crippen molar-refractivity contribution in [1.29, 1.82) is 5.26 Å². The maximum atomic E-state index is 12.4. The van der Waals surface area contributed by atoms with Crippen LogP contribution in [0.5, 0.6) is 0 Å². The number of nitrogens with zero attached hydrogens (tertiary/aromatic N) is 3. The van der Waals surface area contributed by atoms with Crippen molar-refractivity contribution in [3.05, 3.63) is 46.9 Å². The number of benzene rings is 2. The van der Waals surface area contributed by atoms with Crippen LogP contribution in [0.2, 0.25) is 0 Å². The van der Waals surface area contributed by atoms with E-state index in [9.17, 15) is 13.7 Å². The second-order valence-corrected chi connectivity index (χ2v) is 9.58. The van der Waals surface area contributed by atoms with E-state index >= 15 is 0 Å². The zero-order valence-corrected chi connectivity index (χ0v) is 18.2. The molecule has 0 aliphatic carbocycles. The molecule has 0 aromatic heterocycles. The summed E-state index contributed by atoms with van der Waals surface area (Å²) in [6, 6.07) is 13.7. The van der Waals surface area contributed by atoms with Crippen LogP contribution in [0.25, 0.3) is 16.8 Å². The Morgan fingerprint density at radius 3 is 2.53 bits per heavy atom. The quantitative estimate of drug-likeness (QED) is 0.655. The van der Waals surface area contributed by atoms with Gasteiger partial charge in [0.15, 0.2) is 4.91 Å². The molecule has 0 amide bonds. The van der Waals surface area contributed by atoms with Crippen LogP contribution < -0.4 is 9.62 Å². The van der Waals surface area contributed by atoms with Gasteiger partial charge in [-0.15, -0.1) is 0 Å². The molecule has 1 fully saturated rings. The first-order valence-corrected chi connectivity index (χ1v) is 11.5. The fourth-order valence-electron chi connectivity index (χ4n) is 3.32. The number of aliphatic hydroxyl groups is 1. The van der Waals surface area contributed by atoms with Crippen LogP contribution in [0.3, 0.4) is 0 Å². The average molecular weight is 429 g/mol. The first-order valence-electron chi connectivity index (χ1n) is 10.0. The number of rotatable bonds is 7. The summed E-state index contributed by atoms with van der Waals surface area (Å²) in [5, 5.41) is 20.5. The van der Waals surface area contributed by atoms with E-state index in [1.807, 2.05) is 24.3 Å². The third kappa shape index (κ3) is 5.37. The predicted octanol–water partition coefficient (Wildman–Crippen LogP) is 2.00. The van der Waals surface area contributed by atoms with E-state index in [2.05, 4.69) is 33.7 Å². The third-order valence-corrected chi connectivity index (χ3v) is 6.68. The molecule has 8 heteroatoms. The van der Waals surface area contributed by atoms with Crippen LogP contribution in [0.4, 0.5) is 5.69 Å². The van der Waals surface area contributed by atoms with Crippen molar-refractivity contribution in [3.8, 4) is 6.07 Å². The van der Waals surface area contributed by atoms with Gasteiger partial charge < -0.3 is 14.9 Å². The lowest BCUT2D eigenvalue weighted by Crippen LogP contribution is -2.44. The number of anilines is 1. The molecule has 2 aromatic carbocycles. The number of aliphatic hydroxyl groups excluding tert-OH is 1. The summed E-state index contributed by atoms with van der Waals surface area (Å²) in [6.07, 6.45) is 1.37. The summed E-state index contributed by atoms with van der Waals surface area (Å²) < 4.78 is 27.2. The van der Waals surface area contributed by atoms with Crippen LogP contribution >= 0.6 is 0 Å². The largest absolute Gasteiger partial charge is 0.396 e. The number of hydrogen-bond donors (Lipinski definition) is 2. The van der Waals surface area contributed by atoms with Gasteiger partial charge in [0.1, 0.15) is 6.07 Å². The summed E-state index contributed by atoms with van der Waals surface area (Å²) >= 11 is 0. The molecule has 7 nitrogen and oxygen atoms in total. The molecule has 0 radical (unpaired) electrons. The minimum Gasteiger partial charge on any atom is -0.396 e. The Hall–Kier alpha value is -2.44. The van der Waals surface area contributed by atoms with Gasteiger partial charge >= 0.3 is 0 Å². The number of nitriles is 1. The first kappa shape index (κ1) is 22.2. The number of nitrogens with one attached hydrogen (secondary N) is 1. The van der Waals surface area contributed by atoms with Crippen LogP contribution in [0.15, 0.2) is 41.3 Å². The maximum Gasteiger partial charge on any atom is 0.250 e. The van der Waals surface area contributed by atoms with Crippen LogP contribution in [-0.4, -0.2) is 64.8 Å². The molecule has 0 saturated carbocycles. The van der Waals surface area contributed by atoms with Gasteiger partial charge in [0, 0.05) is 45.0 Å². The van der Waals surface area contributed by atoms with Crippen molar-refractivity contribution in [1.82, 2.24) is 9.62 Å². The number of likely N-dealkylation sites (N-methyl/N-ethyl adjacent to an activating group) is 1. The fourth-order valence-corrected chi connectivity index (χ4v) is 4.39. The molecule has 1 aliphatic heterocycles. The Balaban J connectivity index is 1.82. The second-order valence-electron chi connectivity index (χ2n) is 7.84. The highest BCUT2D eigenvalue weighted by atomic mass is 32.2. The molecular formula is C22H28N4O3S. The molecule has 1 saturated heterocycles. The van der Waals surface area contributed by atoms with Crippen molar-refractivity contribution < 1.29 is 13.5 Å². The third-order valence-electron chi connectivity index (χ3n) is 5.35. The highest BCUT2D eigenvalue weighted by molar-refractivity contribution is 7.93. The molecule has 0 spiro atoms.